The van der Waals surface area contributed by atoms with Gasteiger partial charge in [-0.1, -0.05) is 6.42 Å². The fraction of sp³-hybridized carbons (Fsp3) is 0.667. The van der Waals surface area contributed by atoms with E-state index >= 15 is 0 Å². The lowest BCUT2D eigenvalue weighted by molar-refractivity contribution is 0.0312. The van der Waals surface area contributed by atoms with Crippen LogP contribution in [0.5, 0.6) is 0 Å². The number of amides is 1. The molecule has 1 saturated carbocycles. The molecule has 1 amide bonds. The van der Waals surface area contributed by atoms with Crippen molar-refractivity contribution in [3.05, 3.63) is 35.6 Å². The number of methoxy groups -OCH3 is 1. The Labute approximate surface area is 155 Å². The van der Waals surface area contributed by atoms with Crippen LogP contribution >= 0.6 is 0 Å². The van der Waals surface area contributed by atoms with Crippen molar-refractivity contribution in [3.63, 3.8) is 0 Å². The molecule has 0 bridgehead atoms. The highest BCUT2D eigenvalue weighted by Gasteiger charge is 2.50. The quantitative estimate of drug-likeness (QED) is 0.827. The van der Waals surface area contributed by atoms with Crippen LogP contribution in [0.25, 0.3) is 0 Å². The maximum Gasteiger partial charge on any atom is 0.253 e. The summed E-state index contributed by atoms with van der Waals surface area (Å²) in [6.07, 6.45) is 6.12. The van der Waals surface area contributed by atoms with E-state index in [2.05, 4.69) is 4.90 Å². The molecule has 0 aromatic heterocycles. The van der Waals surface area contributed by atoms with Gasteiger partial charge in [0.05, 0.1) is 6.61 Å². The number of ether oxygens (including phenoxy) is 1. The van der Waals surface area contributed by atoms with Crippen molar-refractivity contribution in [1.29, 1.82) is 0 Å². The molecule has 0 radical (unpaired) electrons. The zero-order valence-corrected chi connectivity index (χ0v) is 15.6. The van der Waals surface area contributed by atoms with Crippen LogP contribution in [0.15, 0.2) is 24.3 Å². The van der Waals surface area contributed by atoms with Crippen molar-refractivity contribution in [2.24, 2.45) is 11.3 Å². The Bertz CT molecular complexity index is 636. The van der Waals surface area contributed by atoms with Crippen molar-refractivity contribution in [2.45, 2.75) is 38.1 Å². The average Bonchev–Trinajstić information content (AvgIpc) is 2.92. The normalized spacial score (nSPS) is 26.2. The Morgan fingerprint density at radius 2 is 1.92 bits per heavy atom. The number of carbonyl (C=O) groups excluding carboxylic acids is 1. The molecule has 26 heavy (non-hydrogen) atoms. The van der Waals surface area contributed by atoms with Gasteiger partial charge in [0, 0.05) is 50.8 Å². The van der Waals surface area contributed by atoms with E-state index in [1.165, 1.54) is 31.4 Å². The Morgan fingerprint density at radius 1 is 1.23 bits per heavy atom. The van der Waals surface area contributed by atoms with Crippen molar-refractivity contribution in [3.8, 4) is 0 Å². The molecule has 142 valence electrons. The predicted molar refractivity (Wildman–Crippen MR) is 98.5 cm³/mol. The van der Waals surface area contributed by atoms with Gasteiger partial charge in [0.15, 0.2) is 0 Å². The average molecular weight is 360 g/mol. The molecule has 1 aromatic rings. The van der Waals surface area contributed by atoms with E-state index in [9.17, 15) is 9.18 Å². The van der Waals surface area contributed by atoms with Crippen LogP contribution in [-0.4, -0.2) is 61.6 Å². The molecule has 1 spiro atoms. The van der Waals surface area contributed by atoms with Gasteiger partial charge in [0.25, 0.3) is 5.91 Å². The number of piperidine rings is 1. The highest BCUT2D eigenvalue weighted by Crippen LogP contribution is 2.47. The fourth-order valence-corrected chi connectivity index (χ4v) is 5.03. The van der Waals surface area contributed by atoms with E-state index < -0.39 is 0 Å². The summed E-state index contributed by atoms with van der Waals surface area (Å²) in [6.45, 7) is 4.69. The molecule has 1 unspecified atom stereocenters. The summed E-state index contributed by atoms with van der Waals surface area (Å²) in [7, 11) is 1.80. The summed E-state index contributed by atoms with van der Waals surface area (Å²) in [5.74, 6) is 0.289. The van der Waals surface area contributed by atoms with E-state index in [4.69, 9.17) is 4.74 Å². The third kappa shape index (κ3) is 3.27. The molecule has 2 saturated heterocycles. The molecule has 1 atom stereocenters. The highest BCUT2D eigenvalue weighted by molar-refractivity contribution is 5.94. The minimum absolute atomic E-state index is 0.0250. The molecular formula is C21H29FN2O2. The third-order valence-corrected chi connectivity index (χ3v) is 6.94. The van der Waals surface area contributed by atoms with E-state index in [0.29, 0.717) is 11.5 Å². The monoisotopic (exact) mass is 360 g/mol. The predicted octanol–water partition coefficient (Wildman–Crippen LogP) is 3.18. The van der Waals surface area contributed by atoms with Crippen molar-refractivity contribution >= 4 is 5.91 Å². The molecule has 4 nitrogen and oxygen atoms in total. The number of benzene rings is 1. The van der Waals surface area contributed by atoms with Gasteiger partial charge in [-0.2, -0.15) is 0 Å². The van der Waals surface area contributed by atoms with Gasteiger partial charge in [-0.25, -0.2) is 4.39 Å². The first-order valence-electron chi connectivity index (χ1n) is 9.89. The van der Waals surface area contributed by atoms with Crippen LogP contribution in [-0.2, 0) is 4.74 Å². The zero-order chi connectivity index (χ0) is 18.1. The van der Waals surface area contributed by atoms with E-state index in [-0.39, 0.29) is 17.1 Å². The molecule has 4 rings (SSSR count). The highest BCUT2D eigenvalue weighted by atomic mass is 19.1. The minimum atomic E-state index is -0.302. The summed E-state index contributed by atoms with van der Waals surface area (Å²) in [5, 5.41) is 0. The third-order valence-electron chi connectivity index (χ3n) is 6.94. The van der Waals surface area contributed by atoms with Crippen LogP contribution in [0, 0.1) is 17.2 Å². The fourth-order valence-electron chi connectivity index (χ4n) is 5.03. The zero-order valence-electron chi connectivity index (χ0n) is 15.6. The van der Waals surface area contributed by atoms with Gasteiger partial charge in [-0.3, -0.25) is 9.69 Å². The van der Waals surface area contributed by atoms with E-state index in [1.54, 1.807) is 19.2 Å². The number of hydrogen-bond acceptors (Lipinski definition) is 3. The smallest absolute Gasteiger partial charge is 0.253 e. The Morgan fingerprint density at radius 3 is 2.50 bits per heavy atom. The lowest BCUT2D eigenvalue weighted by Crippen LogP contribution is -2.47. The molecular weight excluding hydrogens is 331 g/mol. The Hall–Kier alpha value is -1.46. The molecule has 1 aromatic carbocycles. The van der Waals surface area contributed by atoms with Crippen LogP contribution in [0.3, 0.4) is 0 Å². The summed E-state index contributed by atoms with van der Waals surface area (Å²) in [6, 6.07) is 6.67. The van der Waals surface area contributed by atoms with Crippen LogP contribution in [0.2, 0.25) is 0 Å². The molecule has 2 heterocycles. The number of nitrogens with zero attached hydrogens (tertiary/aromatic N) is 2. The lowest BCUT2D eigenvalue weighted by Gasteiger charge is -2.43. The SMILES string of the molecule is COCC1CN(C2CCC2)CC12CCN(C(=O)c1ccc(F)cc1)CC2. The molecule has 3 fully saturated rings. The Kier molecular flexibility index (Phi) is 5.02. The number of hydrogen-bond donors (Lipinski definition) is 0. The van der Waals surface area contributed by atoms with Gasteiger partial charge >= 0.3 is 0 Å². The second kappa shape index (κ2) is 7.28. The van der Waals surface area contributed by atoms with Gasteiger partial charge in [0.2, 0.25) is 0 Å². The molecule has 5 heteroatoms. The molecule has 1 aliphatic carbocycles. The maximum atomic E-state index is 13.1. The van der Waals surface area contributed by atoms with Crippen molar-refractivity contribution in [2.75, 3.05) is 39.9 Å². The van der Waals surface area contributed by atoms with Gasteiger partial charge < -0.3 is 9.64 Å². The van der Waals surface area contributed by atoms with E-state index in [1.807, 2.05) is 4.90 Å². The first-order valence-corrected chi connectivity index (χ1v) is 9.89. The molecule has 2 aliphatic heterocycles. The summed E-state index contributed by atoms with van der Waals surface area (Å²) < 4.78 is 18.6. The maximum absolute atomic E-state index is 13.1. The van der Waals surface area contributed by atoms with Gasteiger partial charge in [-0.15, -0.1) is 0 Å². The Balaban J connectivity index is 1.42. The second-order valence-corrected chi connectivity index (χ2v) is 8.33. The number of halogens is 1. The largest absolute Gasteiger partial charge is 0.384 e. The van der Waals surface area contributed by atoms with Crippen molar-refractivity contribution in [1.82, 2.24) is 9.80 Å². The number of likely N-dealkylation sites (tertiary alicyclic amines) is 2. The van der Waals surface area contributed by atoms with Crippen LogP contribution < -0.4 is 0 Å². The number of carbonyl (C=O) groups is 1. The molecule has 3 aliphatic rings. The topological polar surface area (TPSA) is 32.8 Å². The van der Waals surface area contributed by atoms with Crippen molar-refractivity contribution < 1.29 is 13.9 Å². The number of rotatable bonds is 4. The van der Waals surface area contributed by atoms with E-state index in [0.717, 1.165) is 51.7 Å². The first-order chi connectivity index (χ1) is 12.6. The molecule has 0 N–H and O–H groups in total. The summed E-state index contributed by atoms with van der Waals surface area (Å²) >= 11 is 0. The summed E-state index contributed by atoms with van der Waals surface area (Å²) in [4.78, 5) is 17.3. The van der Waals surface area contributed by atoms with Gasteiger partial charge in [0.1, 0.15) is 5.82 Å². The minimum Gasteiger partial charge on any atom is -0.384 e. The van der Waals surface area contributed by atoms with Crippen LogP contribution in [0.4, 0.5) is 4.39 Å². The second-order valence-electron chi connectivity index (χ2n) is 8.33. The van der Waals surface area contributed by atoms with Gasteiger partial charge in [-0.05, 0) is 55.4 Å². The van der Waals surface area contributed by atoms with Crippen LogP contribution in [0.1, 0.15) is 42.5 Å². The standard InChI is InChI=1S/C21H29FN2O2/c1-26-14-17-13-24(19-3-2-4-19)15-21(17)9-11-23(12-10-21)20(25)16-5-7-18(22)8-6-16/h5-8,17,19H,2-4,9-15H2,1H3. The lowest BCUT2D eigenvalue weighted by atomic mass is 9.71. The first kappa shape index (κ1) is 17.9. The summed E-state index contributed by atoms with van der Waals surface area (Å²) in [5.41, 5.74) is 0.865.